The van der Waals surface area contributed by atoms with Gasteiger partial charge in [-0.2, -0.15) is 5.21 Å². The van der Waals surface area contributed by atoms with Gasteiger partial charge in [0.1, 0.15) is 5.82 Å². The second-order valence-corrected chi connectivity index (χ2v) is 8.59. The number of nitrogens with one attached hydrogen (secondary N) is 1. The molecule has 0 unspecified atom stereocenters. The lowest BCUT2D eigenvalue weighted by atomic mass is 9.98. The number of hydrogen-bond donors (Lipinski definition) is 1. The van der Waals surface area contributed by atoms with E-state index in [0.29, 0.717) is 24.6 Å². The monoisotopic (exact) mass is 473 g/mol. The first-order chi connectivity index (χ1) is 17.1. The maximum Gasteiger partial charge on any atom is 0.353 e. The Labute approximate surface area is 204 Å². The number of benzene rings is 2. The predicted molar refractivity (Wildman–Crippen MR) is 134 cm³/mol. The number of H-pyrrole nitrogens is 1. The standard InChI is InChI=1S/C26H31N7O2/c1-3-5-6-7-8-13-23-29-33(24(34)4-2)26(35)32(23)18-19-14-16-20(17-15-19)21-11-9-10-12-22(21)25-27-30-31-28-25/h9-12,14-17H,3-8,13,18H2,1-2H3,(H,27,28,30,31). The first-order valence-corrected chi connectivity index (χ1v) is 12.3. The zero-order valence-corrected chi connectivity index (χ0v) is 20.3. The number of aromatic nitrogens is 7. The van der Waals surface area contributed by atoms with Crippen molar-refractivity contribution in [3.63, 3.8) is 0 Å². The van der Waals surface area contributed by atoms with Crippen LogP contribution >= 0.6 is 0 Å². The van der Waals surface area contributed by atoms with Crippen LogP contribution in [-0.4, -0.2) is 40.9 Å². The van der Waals surface area contributed by atoms with E-state index in [1.54, 1.807) is 11.5 Å². The zero-order valence-electron chi connectivity index (χ0n) is 20.3. The Morgan fingerprint density at radius 3 is 2.37 bits per heavy atom. The Balaban J connectivity index is 1.57. The highest BCUT2D eigenvalue weighted by Gasteiger charge is 2.17. The highest BCUT2D eigenvalue weighted by Crippen LogP contribution is 2.29. The number of carbonyl (C=O) groups excluding carboxylic acids is 1. The molecule has 2 heterocycles. The van der Waals surface area contributed by atoms with Crippen LogP contribution in [-0.2, 0) is 13.0 Å². The minimum Gasteiger partial charge on any atom is -0.274 e. The molecule has 9 heteroatoms. The van der Waals surface area contributed by atoms with Gasteiger partial charge in [-0.05, 0) is 28.3 Å². The second kappa shape index (κ2) is 11.5. The number of nitrogens with zero attached hydrogens (tertiary/aromatic N) is 6. The van der Waals surface area contributed by atoms with Gasteiger partial charge in [0.2, 0.25) is 5.82 Å². The molecule has 0 aliphatic rings. The highest BCUT2D eigenvalue weighted by atomic mass is 16.2. The summed E-state index contributed by atoms with van der Waals surface area (Å²) in [5.41, 5.74) is 3.48. The van der Waals surface area contributed by atoms with Crippen LogP contribution in [0.1, 0.15) is 68.6 Å². The van der Waals surface area contributed by atoms with Crippen LogP contribution < -0.4 is 5.69 Å². The first kappa shape index (κ1) is 24.3. The van der Waals surface area contributed by atoms with Gasteiger partial charge in [0.15, 0.2) is 0 Å². The number of rotatable bonds is 11. The minimum absolute atomic E-state index is 0.237. The van der Waals surface area contributed by atoms with Crippen LogP contribution in [0.25, 0.3) is 22.5 Å². The number of hydrogen-bond acceptors (Lipinski definition) is 6. The Bertz CT molecular complexity index is 1300. The third-order valence-corrected chi connectivity index (χ3v) is 6.10. The third-order valence-electron chi connectivity index (χ3n) is 6.10. The summed E-state index contributed by atoms with van der Waals surface area (Å²) >= 11 is 0. The average Bonchev–Trinajstić information content (AvgIpc) is 3.53. The van der Waals surface area contributed by atoms with E-state index in [9.17, 15) is 9.59 Å². The fourth-order valence-electron chi connectivity index (χ4n) is 4.16. The lowest BCUT2D eigenvalue weighted by molar-refractivity contribution is 0.0887. The predicted octanol–water partition coefficient (Wildman–Crippen LogP) is 4.50. The van der Waals surface area contributed by atoms with Crippen molar-refractivity contribution in [2.75, 3.05) is 0 Å². The van der Waals surface area contributed by atoms with Gasteiger partial charge in [-0.15, -0.1) is 20.0 Å². The molecule has 1 N–H and O–H groups in total. The van der Waals surface area contributed by atoms with Crippen LogP contribution in [0.5, 0.6) is 0 Å². The normalized spacial score (nSPS) is 11.1. The quantitative estimate of drug-likeness (QED) is 0.321. The summed E-state index contributed by atoms with van der Waals surface area (Å²) in [6.07, 6.45) is 6.51. The third kappa shape index (κ3) is 5.62. The van der Waals surface area contributed by atoms with Gasteiger partial charge in [-0.25, -0.2) is 4.79 Å². The summed E-state index contributed by atoms with van der Waals surface area (Å²) in [6.45, 7) is 4.29. The smallest absolute Gasteiger partial charge is 0.274 e. The van der Waals surface area contributed by atoms with Crippen molar-refractivity contribution in [3.8, 4) is 22.5 Å². The van der Waals surface area contributed by atoms with Crippen LogP contribution in [0.3, 0.4) is 0 Å². The average molecular weight is 474 g/mol. The molecule has 0 aliphatic heterocycles. The summed E-state index contributed by atoms with van der Waals surface area (Å²) in [7, 11) is 0. The van der Waals surface area contributed by atoms with Gasteiger partial charge in [-0.3, -0.25) is 9.36 Å². The molecule has 0 saturated carbocycles. The largest absolute Gasteiger partial charge is 0.353 e. The van der Waals surface area contributed by atoms with E-state index in [1.807, 2.05) is 48.5 Å². The molecule has 0 bridgehead atoms. The van der Waals surface area contributed by atoms with Gasteiger partial charge >= 0.3 is 5.69 Å². The van der Waals surface area contributed by atoms with E-state index in [1.165, 1.54) is 19.3 Å². The van der Waals surface area contributed by atoms with Crippen LogP contribution in [0, 0.1) is 0 Å². The van der Waals surface area contributed by atoms with Gasteiger partial charge in [0, 0.05) is 18.4 Å². The molecule has 0 amide bonds. The number of aryl methyl sites for hydroxylation is 1. The Kier molecular flexibility index (Phi) is 7.97. The minimum atomic E-state index is -0.369. The molecule has 0 aliphatic carbocycles. The van der Waals surface area contributed by atoms with Crippen molar-refractivity contribution >= 4 is 5.91 Å². The van der Waals surface area contributed by atoms with Crippen molar-refractivity contribution < 1.29 is 4.79 Å². The van der Waals surface area contributed by atoms with Crippen LogP contribution in [0.4, 0.5) is 0 Å². The van der Waals surface area contributed by atoms with E-state index in [4.69, 9.17) is 0 Å². The molecule has 35 heavy (non-hydrogen) atoms. The number of carbonyl (C=O) groups is 1. The summed E-state index contributed by atoms with van der Waals surface area (Å²) in [6, 6.07) is 15.9. The molecule has 2 aromatic heterocycles. The number of tetrazole rings is 1. The van der Waals surface area contributed by atoms with E-state index in [-0.39, 0.29) is 18.0 Å². The molecule has 9 nitrogen and oxygen atoms in total. The van der Waals surface area contributed by atoms with Gasteiger partial charge < -0.3 is 0 Å². The summed E-state index contributed by atoms with van der Waals surface area (Å²) in [5.74, 6) is 0.919. The molecule has 0 atom stereocenters. The Hall–Kier alpha value is -3.88. The topological polar surface area (TPSA) is 111 Å². The molecular weight excluding hydrogens is 442 g/mol. The summed E-state index contributed by atoms with van der Waals surface area (Å²) in [5, 5.41) is 18.8. The lowest BCUT2D eigenvalue weighted by Gasteiger charge is -2.09. The molecule has 2 aromatic carbocycles. The van der Waals surface area contributed by atoms with E-state index < -0.39 is 0 Å². The summed E-state index contributed by atoms with van der Waals surface area (Å²) < 4.78 is 2.66. The van der Waals surface area contributed by atoms with Gasteiger partial charge in [0.05, 0.1) is 6.54 Å². The van der Waals surface area contributed by atoms with Crippen LogP contribution in [0.15, 0.2) is 53.3 Å². The number of unbranched alkanes of at least 4 members (excludes halogenated alkanes) is 4. The zero-order chi connectivity index (χ0) is 24.6. The lowest BCUT2D eigenvalue weighted by Crippen LogP contribution is -2.30. The van der Waals surface area contributed by atoms with E-state index >= 15 is 0 Å². The van der Waals surface area contributed by atoms with Crippen LogP contribution in [0.2, 0.25) is 0 Å². The van der Waals surface area contributed by atoms with Crippen molar-refractivity contribution in [2.24, 2.45) is 0 Å². The van der Waals surface area contributed by atoms with E-state index in [2.05, 4.69) is 32.6 Å². The molecule has 0 spiro atoms. The fraction of sp³-hybridized carbons (Fsp3) is 0.385. The highest BCUT2D eigenvalue weighted by molar-refractivity contribution is 5.80. The van der Waals surface area contributed by atoms with Gasteiger partial charge in [-0.1, -0.05) is 88.1 Å². The molecule has 4 rings (SSSR count). The molecule has 4 aromatic rings. The molecule has 0 radical (unpaired) electrons. The van der Waals surface area contributed by atoms with Crippen molar-refractivity contribution in [1.29, 1.82) is 0 Å². The van der Waals surface area contributed by atoms with Crippen molar-refractivity contribution in [3.05, 3.63) is 70.4 Å². The molecule has 0 saturated heterocycles. The summed E-state index contributed by atoms with van der Waals surface area (Å²) in [4.78, 5) is 25.3. The molecule has 0 fully saturated rings. The second-order valence-electron chi connectivity index (χ2n) is 8.59. The Morgan fingerprint density at radius 2 is 1.69 bits per heavy atom. The maximum atomic E-state index is 13.0. The number of aromatic amines is 1. The fourth-order valence-corrected chi connectivity index (χ4v) is 4.16. The molecular formula is C26H31N7O2. The van der Waals surface area contributed by atoms with Gasteiger partial charge in [0.25, 0.3) is 5.91 Å². The van der Waals surface area contributed by atoms with Crippen molar-refractivity contribution in [2.45, 2.75) is 65.3 Å². The SMILES string of the molecule is CCCCCCCc1nn(C(=O)CC)c(=O)n1Cc1ccc(-c2ccccc2-c2nn[nH]n2)cc1. The first-order valence-electron chi connectivity index (χ1n) is 12.3. The Morgan fingerprint density at radius 1 is 0.943 bits per heavy atom. The van der Waals surface area contributed by atoms with E-state index in [0.717, 1.165) is 39.8 Å². The molecule has 182 valence electrons. The van der Waals surface area contributed by atoms with Crippen molar-refractivity contribution in [1.82, 2.24) is 35.0 Å². The maximum absolute atomic E-state index is 13.0.